The molecule has 2 aromatic rings. The summed E-state index contributed by atoms with van der Waals surface area (Å²) in [6.07, 6.45) is 1.87. The van der Waals surface area contributed by atoms with Crippen molar-refractivity contribution in [2.24, 2.45) is 0 Å². The van der Waals surface area contributed by atoms with Crippen LogP contribution >= 0.6 is 0 Å². The number of pyridine rings is 1. The molecule has 0 saturated carbocycles. The molecule has 0 amide bonds. The van der Waals surface area contributed by atoms with E-state index < -0.39 is 0 Å². The van der Waals surface area contributed by atoms with Crippen LogP contribution in [0.25, 0.3) is 0 Å². The summed E-state index contributed by atoms with van der Waals surface area (Å²) < 4.78 is 0. The Bertz CT molecular complexity index is 587. The highest BCUT2D eigenvalue weighted by atomic mass is 15.3. The lowest BCUT2D eigenvalue weighted by Crippen LogP contribution is -2.46. The van der Waals surface area contributed by atoms with E-state index in [1.54, 1.807) is 0 Å². The number of aryl methyl sites for hydroxylation is 2. The SMILES string of the molecule is Cc1ccc(C)c(CN2CCN(c3ccccn3)CC2)c1. The first-order valence-corrected chi connectivity index (χ1v) is 7.67. The highest BCUT2D eigenvalue weighted by molar-refractivity contribution is 5.38. The number of hydrogen-bond donors (Lipinski definition) is 0. The highest BCUT2D eigenvalue weighted by Crippen LogP contribution is 2.17. The molecule has 3 rings (SSSR count). The Balaban J connectivity index is 1.60. The van der Waals surface area contributed by atoms with E-state index in [4.69, 9.17) is 0 Å². The molecule has 3 nitrogen and oxygen atoms in total. The number of benzene rings is 1. The number of hydrogen-bond acceptors (Lipinski definition) is 3. The number of rotatable bonds is 3. The van der Waals surface area contributed by atoms with Crippen LogP contribution in [0.4, 0.5) is 5.82 Å². The molecule has 0 aliphatic carbocycles. The van der Waals surface area contributed by atoms with Crippen molar-refractivity contribution in [3.63, 3.8) is 0 Å². The van der Waals surface area contributed by atoms with Crippen molar-refractivity contribution in [2.45, 2.75) is 20.4 Å². The van der Waals surface area contributed by atoms with E-state index >= 15 is 0 Å². The minimum absolute atomic E-state index is 1.06. The predicted octanol–water partition coefficient (Wildman–Crippen LogP) is 3.02. The van der Waals surface area contributed by atoms with Gasteiger partial charge < -0.3 is 4.90 Å². The zero-order chi connectivity index (χ0) is 14.7. The third kappa shape index (κ3) is 3.42. The first-order chi connectivity index (χ1) is 10.2. The molecule has 21 heavy (non-hydrogen) atoms. The van der Waals surface area contributed by atoms with Gasteiger partial charge in [0.2, 0.25) is 0 Å². The summed E-state index contributed by atoms with van der Waals surface area (Å²) in [6.45, 7) is 9.75. The van der Waals surface area contributed by atoms with Crippen molar-refractivity contribution in [1.82, 2.24) is 9.88 Å². The molecule has 1 aromatic carbocycles. The van der Waals surface area contributed by atoms with E-state index in [-0.39, 0.29) is 0 Å². The van der Waals surface area contributed by atoms with Gasteiger partial charge in [-0.2, -0.15) is 0 Å². The largest absolute Gasteiger partial charge is 0.354 e. The van der Waals surface area contributed by atoms with Gasteiger partial charge in [0.1, 0.15) is 5.82 Å². The molecule has 0 radical (unpaired) electrons. The quantitative estimate of drug-likeness (QED) is 0.862. The van der Waals surface area contributed by atoms with E-state index in [0.717, 1.165) is 38.5 Å². The van der Waals surface area contributed by atoms with Crippen LogP contribution in [0.15, 0.2) is 42.6 Å². The number of piperazine rings is 1. The van der Waals surface area contributed by atoms with Crippen LogP contribution in [0.5, 0.6) is 0 Å². The summed E-state index contributed by atoms with van der Waals surface area (Å²) >= 11 is 0. The van der Waals surface area contributed by atoms with Gasteiger partial charge in [-0.3, -0.25) is 4.90 Å². The topological polar surface area (TPSA) is 19.4 Å². The van der Waals surface area contributed by atoms with Crippen molar-refractivity contribution >= 4 is 5.82 Å². The molecule has 0 spiro atoms. The maximum atomic E-state index is 4.44. The monoisotopic (exact) mass is 281 g/mol. The van der Waals surface area contributed by atoms with Gasteiger partial charge in [0.25, 0.3) is 0 Å². The lowest BCUT2D eigenvalue weighted by molar-refractivity contribution is 0.249. The van der Waals surface area contributed by atoms with Crippen LogP contribution < -0.4 is 4.90 Å². The van der Waals surface area contributed by atoms with Crippen molar-refractivity contribution < 1.29 is 0 Å². The minimum atomic E-state index is 1.06. The Morgan fingerprint density at radius 2 is 1.81 bits per heavy atom. The standard InChI is InChI=1S/C18H23N3/c1-15-6-7-16(2)17(13-15)14-20-9-11-21(12-10-20)18-5-3-4-8-19-18/h3-8,13H,9-12,14H2,1-2H3. The van der Waals surface area contributed by atoms with Crippen molar-refractivity contribution in [3.05, 3.63) is 59.3 Å². The molecular weight excluding hydrogens is 258 g/mol. The second-order valence-electron chi connectivity index (χ2n) is 5.88. The molecule has 1 saturated heterocycles. The summed E-state index contributed by atoms with van der Waals surface area (Å²) in [6, 6.07) is 12.9. The summed E-state index contributed by atoms with van der Waals surface area (Å²) in [5.41, 5.74) is 4.21. The summed E-state index contributed by atoms with van der Waals surface area (Å²) in [5, 5.41) is 0. The van der Waals surface area contributed by atoms with Crippen LogP contribution in [0.3, 0.4) is 0 Å². The maximum Gasteiger partial charge on any atom is 0.128 e. The fourth-order valence-corrected chi connectivity index (χ4v) is 2.89. The molecule has 1 fully saturated rings. The van der Waals surface area contributed by atoms with Crippen LogP contribution in [0.2, 0.25) is 0 Å². The van der Waals surface area contributed by atoms with Crippen molar-refractivity contribution in [2.75, 3.05) is 31.1 Å². The van der Waals surface area contributed by atoms with Gasteiger partial charge in [-0.25, -0.2) is 4.98 Å². The van der Waals surface area contributed by atoms with E-state index in [1.165, 1.54) is 16.7 Å². The van der Waals surface area contributed by atoms with Crippen LogP contribution in [0.1, 0.15) is 16.7 Å². The van der Waals surface area contributed by atoms with Crippen LogP contribution in [0, 0.1) is 13.8 Å². The molecule has 2 heterocycles. The van der Waals surface area contributed by atoms with Gasteiger partial charge >= 0.3 is 0 Å². The molecule has 1 aliphatic heterocycles. The van der Waals surface area contributed by atoms with Gasteiger partial charge in [0.15, 0.2) is 0 Å². The normalized spacial score (nSPS) is 16.2. The van der Waals surface area contributed by atoms with E-state index in [1.807, 2.05) is 12.3 Å². The Hall–Kier alpha value is -1.87. The maximum absolute atomic E-state index is 4.44. The Kier molecular flexibility index (Phi) is 4.20. The predicted molar refractivity (Wildman–Crippen MR) is 87.6 cm³/mol. The molecular formula is C18H23N3. The molecule has 0 bridgehead atoms. The summed E-state index contributed by atoms with van der Waals surface area (Å²) in [5.74, 6) is 1.10. The molecule has 0 atom stereocenters. The summed E-state index contributed by atoms with van der Waals surface area (Å²) in [4.78, 5) is 9.36. The Labute approximate surface area is 127 Å². The molecule has 0 unspecified atom stereocenters. The summed E-state index contributed by atoms with van der Waals surface area (Å²) in [7, 11) is 0. The highest BCUT2D eigenvalue weighted by Gasteiger charge is 2.18. The Morgan fingerprint density at radius 1 is 1.00 bits per heavy atom. The average Bonchev–Trinajstić information content (AvgIpc) is 2.53. The van der Waals surface area contributed by atoms with Gasteiger partial charge in [-0.05, 0) is 37.1 Å². The first kappa shape index (κ1) is 14.1. The molecule has 110 valence electrons. The van der Waals surface area contributed by atoms with E-state index in [9.17, 15) is 0 Å². The molecule has 1 aromatic heterocycles. The molecule has 3 heteroatoms. The zero-order valence-electron chi connectivity index (χ0n) is 12.9. The lowest BCUT2D eigenvalue weighted by Gasteiger charge is -2.35. The third-order valence-corrected chi connectivity index (χ3v) is 4.24. The van der Waals surface area contributed by atoms with E-state index in [2.05, 4.69) is 59.0 Å². The fourth-order valence-electron chi connectivity index (χ4n) is 2.89. The average molecular weight is 281 g/mol. The zero-order valence-corrected chi connectivity index (χ0v) is 12.9. The fraction of sp³-hybridized carbons (Fsp3) is 0.389. The van der Waals surface area contributed by atoms with Gasteiger partial charge in [-0.1, -0.05) is 29.8 Å². The van der Waals surface area contributed by atoms with Crippen molar-refractivity contribution in [1.29, 1.82) is 0 Å². The second-order valence-corrected chi connectivity index (χ2v) is 5.88. The Morgan fingerprint density at radius 3 is 2.52 bits per heavy atom. The van der Waals surface area contributed by atoms with Gasteiger partial charge in [-0.15, -0.1) is 0 Å². The number of nitrogens with zero attached hydrogens (tertiary/aromatic N) is 3. The van der Waals surface area contributed by atoms with E-state index in [0.29, 0.717) is 0 Å². The first-order valence-electron chi connectivity index (χ1n) is 7.67. The third-order valence-electron chi connectivity index (χ3n) is 4.24. The second kappa shape index (κ2) is 6.27. The molecule has 0 N–H and O–H groups in total. The van der Waals surface area contributed by atoms with Crippen LogP contribution in [-0.4, -0.2) is 36.1 Å². The van der Waals surface area contributed by atoms with Gasteiger partial charge in [0, 0.05) is 38.9 Å². The smallest absolute Gasteiger partial charge is 0.128 e. The van der Waals surface area contributed by atoms with Crippen molar-refractivity contribution in [3.8, 4) is 0 Å². The van der Waals surface area contributed by atoms with Crippen LogP contribution in [-0.2, 0) is 6.54 Å². The molecule has 1 aliphatic rings. The number of anilines is 1. The minimum Gasteiger partial charge on any atom is -0.354 e. The lowest BCUT2D eigenvalue weighted by atomic mass is 10.0. The number of aromatic nitrogens is 1. The van der Waals surface area contributed by atoms with Gasteiger partial charge in [0.05, 0.1) is 0 Å².